The second kappa shape index (κ2) is 4.60. The molecule has 0 bridgehead atoms. The maximum absolute atomic E-state index is 13.3. The van der Waals surface area contributed by atoms with Crippen molar-refractivity contribution in [1.29, 1.82) is 0 Å². The van der Waals surface area contributed by atoms with Gasteiger partial charge in [0.2, 0.25) is 0 Å². The zero-order chi connectivity index (χ0) is 10.6. The molecule has 76 valence electrons. The molecule has 0 heterocycles. The van der Waals surface area contributed by atoms with Crippen LogP contribution in [0.25, 0.3) is 0 Å². The van der Waals surface area contributed by atoms with Crippen LogP contribution in [-0.4, -0.2) is 17.5 Å². The van der Waals surface area contributed by atoms with E-state index < -0.39 is 5.82 Å². The van der Waals surface area contributed by atoms with Crippen LogP contribution in [0.4, 0.5) is 4.39 Å². The van der Waals surface area contributed by atoms with Gasteiger partial charge < -0.3 is 9.94 Å². The summed E-state index contributed by atoms with van der Waals surface area (Å²) >= 11 is 0. The average Bonchev–Trinajstić information content (AvgIpc) is 2.20. The molecule has 3 nitrogen and oxygen atoms in total. The molecule has 0 spiro atoms. The Morgan fingerprint density at radius 1 is 1.57 bits per heavy atom. The number of hydrogen-bond donors (Lipinski definition) is 1. The highest BCUT2D eigenvalue weighted by Gasteiger charge is 2.05. The maximum Gasteiger partial charge on any atom is 0.165 e. The van der Waals surface area contributed by atoms with Gasteiger partial charge >= 0.3 is 0 Å². The van der Waals surface area contributed by atoms with E-state index in [4.69, 9.17) is 9.94 Å². The topological polar surface area (TPSA) is 41.8 Å². The number of rotatable bonds is 3. The highest BCUT2D eigenvalue weighted by atomic mass is 19.1. The molecular weight excluding hydrogens is 185 g/mol. The quantitative estimate of drug-likeness (QED) is 0.459. The first-order valence-corrected chi connectivity index (χ1v) is 4.30. The van der Waals surface area contributed by atoms with Crippen molar-refractivity contribution in [3.63, 3.8) is 0 Å². The third-order valence-electron chi connectivity index (χ3n) is 1.80. The molecule has 0 unspecified atom stereocenters. The van der Waals surface area contributed by atoms with Crippen LogP contribution in [0.5, 0.6) is 5.75 Å². The molecule has 1 rings (SSSR count). The Kier molecular flexibility index (Phi) is 3.45. The zero-order valence-corrected chi connectivity index (χ0v) is 8.12. The normalized spacial score (nSPS) is 11.5. The van der Waals surface area contributed by atoms with Gasteiger partial charge in [-0.25, -0.2) is 4.39 Å². The van der Waals surface area contributed by atoms with E-state index in [0.717, 1.165) is 0 Å². The van der Waals surface area contributed by atoms with Gasteiger partial charge in [-0.3, -0.25) is 0 Å². The standard InChI is InChI=1S/C10H12FNO2/c1-3-14-10-5-4-8(6-9(10)11)7(2)12-13/h4-6,13H,3H2,1-2H3/b12-7-. The summed E-state index contributed by atoms with van der Waals surface area (Å²) < 4.78 is 18.3. The summed E-state index contributed by atoms with van der Waals surface area (Å²) in [5, 5.41) is 11.5. The Morgan fingerprint density at radius 3 is 2.79 bits per heavy atom. The molecular formula is C10H12FNO2. The monoisotopic (exact) mass is 197 g/mol. The molecule has 0 aliphatic carbocycles. The van der Waals surface area contributed by atoms with Gasteiger partial charge in [0, 0.05) is 5.56 Å². The van der Waals surface area contributed by atoms with Crippen molar-refractivity contribution in [2.24, 2.45) is 5.16 Å². The highest BCUT2D eigenvalue weighted by molar-refractivity contribution is 5.98. The molecule has 0 aliphatic rings. The predicted molar refractivity (Wildman–Crippen MR) is 51.6 cm³/mol. The zero-order valence-electron chi connectivity index (χ0n) is 8.12. The third kappa shape index (κ3) is 2.22. The Labute approximate surface area is 81.8 Å². The predicted octanol–water partition coefficient (Wildman–Crippen LogP) is 2.42. The Morgan fingerprint density at radius 2 is 2.29 bits per heavy atom. The lowest BCUT2D eigenvalue weighted by atomic mass is 10.1. The second-order valence-electron chi connectivity index (χ2n) is 2.76. The van der Waals surface area contributed by atoms with E-state index in [1.54, 1.807) is 19.9 Å². The lowest BCUT2D eigenvalue weighted by molar-refractivity contribution is 0.318. The number of ether oxygens (including phenoxy) is 1. The maximum atomic E-state index is 13.3. The fourth-order valence-electron chi connectivity index (χ4n) is 1.06. The molecule has 1 N–H and O–H groups in total. The number of oxime groups is 1. The van der Waals surface area contributed by atoms with Gasteiger partial charge in [-0.05, 0) is 32.0 Å². The van der Waals surface area contributed by atoms with Gasteiger partial charge in [-0.2, -0.15) is 0 Å². The van der Waals surface area contributed by atoms with Crippen LogP contribution in [0.15, 0.2) is 23.4 Å². The van der Waals surface area contributed by atoms with Crippen LogP contribution in [-0.2, 0) is 0 Å². The molecule has 14 heavy (non-hydrogen) atoms. The van der Waals surface area contributed by atoms with Crippen LogP contribution >= 0.6 is 0 Å². The van der Waals surface area contributed by atoms with Crippen molar-refractivity contribution in [3.8, 4) is 5.75 Å². The van der Waals surface area contributed by atoms with Crippen LogP contribution in [0, 0.1) is 5.82 Å². The van der Waals surface area contributed by atoms with Gasteiger partial charge in [0.1, 0.15) is 0 Å². The van der Waals surface area contributed by atoms with Gasteiger partial charge in [0.25, 0.3) is 0 Å². The molecule has 0 atom stereocenters. The van der Waals surface area contributed by atoms with E-state index in [9.17, 15) is 4.39 Å². The number of benzene rings is 1. The van der Waals surface area contributed by atoms with Gasteiger partial charge in [0.15, 0.2) is 11.6 Å². The lowest BCUT2D eigenvalue weighted by Gasteiger charge is -2.05. The van der Waals surface area contributed by atoms with Crippen LogP contribution in [0.1, 0.15) is 19.4 Å². The molecule has 0 fully saturated rings. The molecule has 0 amide bonds. The molecule has 0 radical (unpaired) electrons. The van der Waals surface area contributed by atoms with Crippen LogP contribution in [0.3, 0.4) is 0 Å². The van der Waals surface area contributed by atoms with Crippen molar-refractivity contribution < 1.29 is 14.3 Å². The Hall–Kier alpha value is -1.58. The SMILES string of the molecule is CCOc1ccc(/C(C)=N\O)cc1F. The first-order chi connectivity index (χ1) is 6.69. The van der Waals surface area contributed by atoms with Crippen molar-refractivity contribution >= 4 is 5.71 Å². The van der Waals surface area contributed by atoms with E-state index in [-0.39, 0.29) is 5.75 Å². The summed E-state index contributed by atoms with van der Waals surface area (Å²) in [6.07, 6.45) is 0. The molecule has 0 aromatic heterocycles. The van der Waals surface area contributed by atoms with Crippen LogP contribution in [0.2, 0.25) is 0 Å². The summed E-state index contributed by atoms with van der Waals surface area (Å²) in [6.45, 7) is 3.80. The van der Waals surface area contributed by atoms with Gasteiger partial charge in [-0.1, -0.05) is 5.16 Å². The summed E-state index contributed by atoms with van der Waals surface area (Å²) in [6, 6.07) is 4.44. The minimum absolute atomic E-state index is 0.210. The Bertz CT molecular complexity index is 350. The largest absolute Gasteiger partial charge is 0.491 e. The fourth-order valence-corrected chi connectivity index (χ4v) is 1.06. The molecule has 1 aromatic carbocycles. The van der Waals surface area contributed by atoms with Gasteiger partial charge in [-0.15, -0.1) is 0 Å². The number of hydrogen-bond acceptors (Lipinski definition) is 3. The van der Waals surface area contributed by atoms with E-state index in [0.29, 0.717) is 17.9 Å². The summed E-state index contributed by atoms with van der Waals surface area (Å²) in [5.74, 6) is -0.241. The lowest BCUT2D eigenvalue weighted by Crippen LogP contribution is -1.99. The van der Waals surface area contributed by atoms with E-state index in [2.05, 4.69) is 5.16 Å². The van der Waals surface area contributed by atoms with Crippen molar-refractivity contribution in [3.05, 3.63) is 29.6 Å². The summed E-state index contributed by atoms with van der Waals surface area (Å²) in [5.41, 5.74) is 0.903. The van der Waals surface area contributed by atoms with E-state index >= 15 is 0 Å². The fraction of sp³-hybridized carbons (Fsp3) is 0.300. The van der Waals surface area contributed by atoms with Crippen molar-refractivity contribution in [1.82, 2.24) is 0 Å². The summed E-state index contributed by atoms with van der Waals surface area (Å²) in [7, 11) is 0. The summed E-state index contributed by atoms with van der Waals surface area (Å²) in [4.78, 5) is 0. The number of nitrogens with zero attached hydrogens (tertiary/aromatic N) is 1. The Balaban J connectivity index is 3.00. The minimum Gasteiger partial charge on any atom is -0.491 e. The molecule has 1 aromatic rings. The van der Waals surface area contributed by atoms with E-state index in [1.165, 1.54) is 12.1 Å². The van der Waals surface area contributed by atoms with Crippen molar-refractivity contribution in [2.45, 2.75) is 13.8 Å². The first-order valence-electron chi connectivity index (χ1n) is 4.30. The van der Waals surface area contributed by atoms with Gasteiger partial charge in [0.05, 0.1) is 12.3 Å². The number of halogens is 1. The molecule has 0 saturated carbocycles. The second-order valence-corrected chi connectivity index (χ2v) is 2.76. The molecule has 0 saturated heterocycles. The first kappa shape index (κ1) is 10.5. The highest BCUT2D eigenvalue weighted by Crippen LogP contribution is 2.18. The van der Waals surface area contributed by atoms with E-state index in [1.807, 2.05) is 0 Å². The third-order valence-corrected chi connectivity index (χ3v) is 1.80. The van der Waals surface area contributed by atoms with Crippen LogP contribution < -0.4 is 4.74 Å². The smallest absolute Gasteiger partial charge is 0.165 e. The molecule has 0 aliphatic heterocycles. The minimum atomic E-state index is -0.452. The van der Waals surface area contributed by atoms with Crippen molar-refractivity contribution in [2.75, 3.05) is 6.61 Å². The molecule has 4 heteroatoms. The average molecular weight is 197 g/mol.